The number of methoxy groups -OCH3 is 1. The van der Waals surface area contributed by atoms with Crippen molar-refractivity contribution in [3.8, 4) is 0 Å². The molecule has 0 aliphatic rings. The smallest absolute Gasteiger partial charge is 0.326 e. The fourth-order valence-corrected chi connectivity index (χ4v) is 1.43. The van der Waals surface area contributed by atoms with Crippen molar-refractivity contribution >= 4 is 29.4 Å². The van der Waals surface area contributed by atoms with Crippen LogP contribution in [-0.2, 0) is 14.3 Å². The maximum absolute atomic E-state index is 11.6. The molecule has 0 radical (unpaired) electrons. The van der Waals surface area contributed by atoms with E-state index in [-0.39, 0.29) is 23.8 Å². The average Bonchev–Trinajstić information content (AvgIpc) is 2.80. The van der Waals surface area contributed by atoms with Crippen LogP contribution in [0.1, 0.15) is 23.4 Å². The highest BCUT2D eigenvalue weighted by Crippen LogP contribution is 2.13. The van der Waals surface area contributed by atoms with E-state index in [0.29, 0.717) is 0 Å². The number of rotatable bonds is 6. The third-order valence-corrected chi connectivity index (χ3v) is 2.47. The van der Waals surface area contributed by atoms with Gasteiger partial charge >= 0.3 is 11.9 Å². The van der Waals surface area contributed by atoms with Crippen molar-refractivity contribution in [2.75, 3.05) is 7.11 Å². The predicted molar refractivity (Wildman–Crippen MR) is 63.9 cm³/mol. The minimum atomic E-state index is -1.25. The highest BCUT2D eigenvalue weighted by Gasteiger charge is 2.23. The Bertz CT molecular complexity index is 483. The van der Waals surface area contributed by atoms with Crippen LogP contribution in [0.5, 0.6) is 0 Å². The van der Waals surface area contributed by atoms with Crippen molar-refractivity contribution < 1.29 is 28.6 Å². The van der Waals surface area contributed by atoms with E-state index in [1.807, 2.05) is 0 Å². The number of ether oxygens (including phenoxy) is 1. The number of hydrogen-bond donors (Lipinski definition) is 2. The Labute approximate surface area is 113 Å². The quantitative estimate of drug-likeness (QED) is 0.759. The largest absolute Gasteiger partial charge is 0.480 e. The molecule has 8 heteroatoms. The van der Waals surface area contributed by atoms with E-state index in [2.05, 4.69) is 10.1 Å². The number of hydrogen-bond acceptors (Lipinski definition) is 5. The molecule has 19 heavy (non-hydrogen) atoms. The van der Waals surface area contributed by atoms with Gasteiger partial charge in [-0.1, -0.05) is 0 Å². The number of esters is 1. The van der Waals surface area contributed by atoms with Crippen LogP contribution in [0.2, 0.25) is 5.22 Å². The van der Waals surface area contributed by atoms with Crippen LogP contribution in [0.15, 0.2) is 16.5 Å². The molecular weight excluding hydrogens is 278 g/mol. The zero-order chi connectivity index (χ0) is 14.4. The van der Waals surface area contributed by atoms with Gasteiger partial charge in [-0.3, -0.25) is 9.59 Å². The van der Waals surface area contributed by atoms with Gasteiger partial charge in [-0.05, 0) is 30.2 Å². The molecule has 0 spiro atoms. The summed E-state index contributed by atoms with van der Waals surface area (Å²) in [5, 5.41) is 11.2. The first-order chi connectivity index (χ1) is 8.93. The number of amides is 1. The molecule has 0 aliphatic heterocycles. The SMILES string of the molecule is COC(=O)CC[C@@H](NC(=O)c1ccc(Cl)o1)C(=O)O. The molecule has 2 N–H and O–H groups in total. The molecule has 0 saturated heterocycles. The summed E-state index contributed by atoms with van der Waals surface area (Å²) in [4.78, 5) is 33.5. The summed E-state index contributed by atoms with van der Waals surface area (Å²) in [6, 6.07) is 1.47. The number of carboxylic acids is 1. The lowest BCUT2D eigenvalue weighted by Crippen LogP contribution is -2.41. The van der Waals surface area contributed by atoms with Gasteiger partial charge < -0.3 is 19.6 Å². The minimum absolute atomic E-state index is 0.0200. The number of nitrogens with one attached hydrogen (secondary N) is 1. The molecule has 7 nitrogen and oxygen atoms in total. The summed E-state index contributed by atoms with van der Waals surface area (Å²) in [6.45, 7) is 0. The first-order valence-corrected chi connectivity index (χ1v) is 5.67. The first kappa shape index (κ1) is 15.0. The van der Waals surface area contributed by atoms with Crippen LogP contribution >= 0.6 is 11.6 Å². The van der Waals surface area contributed by atoms with Gasteiger partial charge in [0.05, 0.1) is 7.11 Å². The fraction of sp³-hybridized carbons (Fsp3) is 0.364. The van der Waals surface area contributed by atoms with Crippen LogP contribution < -0.4 is 5.32 Å². The van der Waals surface area contributed by atoms with Crippen molar-refractivity contribution in [2.24, 2.45) is 0 Å². The standard InChI is InChI=1S/C11H12ClNO6/c1-18-9(14)5-2-6(11(16)17)13-10(15)7-3-4-8(12)19-7/h3-4,6H,2,5H2,1H3,(H,13,15)(H,16,17)/t6-/m1/s1. The third-order valence-electron chi connectivity index (χ3n) is 2.27. The molecule has 0 bridgehead atoms. The summed E-state index contributed by atoms with van der Waals surface area (Å²) >= 11 is 5.50. The Morgan fingerprint density at radius 1 is 1.47 bits per heavy atom. The van der Waals surface area contributed by atoms with Crippen LogP contribution in [0.4, 0.5) is 0 Å². The molecule has 0 unspecified atom stereocenters. The molecule has 1 amide bonds. The topological polar surface area (TPSA) is 106 Å². The summed E-state index contributed by atoms with van der Waals surface area (Å²) in [7, 11) is 1.20. The molecule has 1 rings (SSSR count). The van der Waals surface area contributed by atoms with Gasteiger partial charge in [0.25, 0.3) is 5.91 Å². The zero-order valence-electron chi connectivity index (χ0n) is 10.0. The van der Waals surface area contributed by atoms with Crippen LogP contribution in [0.25, 0.3) is 0 Å². The highest BCUT2D eigenvalue weighted by atomic mass is 35.5. The van der Waals surface area contributed by atoms with Gasteiger partial charge in [-0.2, -0.15) is 0 Å². The maximum Gasteiger partial charge on any atom is 0.326 e. The van der Waals surface area contributed by atoms with E-state index >= 15 is 0 Å². The van der Waals surface area contributed by atoms with Crippen molar-refractivity contribution in [3.63, 3.8) is 0 Å². The van der Waals surface area contributed by atoms with Crippen molar-refractivity contribution in [3.05, 3.63) is 23.1 Å². The summed E-state index contributed by atoms with van der Waals surface area (Å²) in [6.07, 6.45) is -0.200. The average molecular weight is 290 g/mol. The van der Waals surface area contributed by atoms with Gasteiger partial charge in [0.1, 0.15) is 6.04 Å². The predicted octanol–water partition coefficient (Wildman–Crippen LogP) is 1.07. The van der Waals surface area contributed by atoms with Crippen LogP contribution in [0, 0.1) is 0 Å². The van der Waals surface area contributed by atoms with Gasteiger partial charge in [0, 0.05) is 6.42 Å². The Morgan fingerprint density at radius 3 is 2.63 bits per heavy atom. The molecule has 1 heterocycles. The lowest BCUT2D eigenvalue weighted by Gasteiger charge is -2.12. The van der Waals surface area contributed by atoms with Gasteiger partial charge in [-0.25, -0.2) is 4.79 Å². The van der Waals surface area contributed by atoms with E-state index in [1.165, 1.54) is 19.2 Å². The second kappa shape index (κ2) is 6.79. The molecule has 1 aromatic rings. The highest BCUT2D eigenvalue weighted by molar-refractivity contribution is 6.29. The molecule has 0 saturated carbocycles. The lowest BCUT2D eigenvalue weighted by atomic mass is 10.1. The van der Waals surface area contributed by atoms with Crippen LogP contribution in [-0.4, -0.2) is 36.1 Å². The van der Waals surface area contributed by atoms with Crippen molar-refractivity contribution in [1.29, 1.82) is 0 Å². The van der Waals surface area contributed by atoms with Gasteiger partial charge in [0.2, 0.25) is 0 Å². The Morgan fingerprint density at radius 2 is 2.16 bits per heavy atom. The van der Waals surface area contributed by atoms with Crippen LogP contribution in [0.3, 0.4) is 0 Å². The van der Waals surface area contributed by atoms with E-state index in [9.17, 15) is 14.4 Å². The summed E-state index contributed by atoms with van der Waals surface area (Å²) in [5.41, 5.74) is 0. The number of furan rings is 1. The number of aliphatic carboxylic acids is 1. The molecular formula is C11H12ClNO6. The van der Waals surface area contributed by atoms with E-state index in [1.54, 1.807) is 0 Å². The van der Waals surface area contributed by atoms with Gasteiger partial charge in [-0.15, -0.1) is 0 Å². The first-order valence-electron chi connectivity index (χ1n) is 5.30. The van der Waals surface area contributed by atoms with E-state index in [0.717, 1.165) is 0 Å². The van der Waals surface area contributed by atoms with E-state index < -0.39 is 23.9 Å². The van der Waals surface area contributed by atoms with E-state index in [4.69, 9.17) is 21.1 Å². The number of carboxylic acid groups (broad SMARTS) is 1. The molecule has 0 fully saturated rings. The third kappa shape index (κ3) is 4.63. The Balaban J connectivity index is 2.61. The number of carbonyl (C=O) groups is 3. The Kier molecular flexibility index (Phi) is 5.37. The van der Waals surface area contributed by atoms with Gasteiger partial charge in [0.15, 0.2) is 11.0 Å². The van der Waals surface area contributed by atoms with Crippen molar-refractivity contribution in [2.45, 2.75) is 18.9 Å². The molecule has 1 atom stereocenters. The Hall–Kier alpha value is -2.02. The number of halogens is 1. The minimum Gasteiger partial charge on any atom is -0.480 e. The normalized spacial score (nSPS) is 11.7. The molecule has 104 valence electrons. The number of carbonyl (C=O) groups excluding carboxylic acids is 2. The maximum atomic E-state index is 11.6. The lowest BCUT2D eigenvalue weighted by molar-refractivity contribution is -0.142. The zero-order valence-corrected chi connectivity index (χ0v) is 10.8. The van der Waals surface area contributed by atoms with Crippen molar-refractivity contribution in [1.82, 2.24) is 5.32 Å². The summed E-state index contributed by atoms with van der Waals surface area (Å²) < 4.78 is 9.23. The monoisotopic (exact) mass is 289 g/mol. The molecule has 1 aromatic heterocycles. The second-order valence-electron chi connectivity index (χ2n) is 3.58. The summed E-state index contributed by atoms with van der Waals surface area (Å²) in [5.74, 6) is -2.63. The fourth-order valence-electron chi connectivity index (χ4n) is 1.29. The molecule has 0 aromatic carbocycles. The molecule has 0 aliphatic carbocycles. The second-order valence-corrected chi connectivity index (χ2v) is 3.96.